The maximum absolute atomic E-state index is 2.24. The van der Waals surface area contributed by atoms with Crippen molar-refractivity contribution in [2.24, 2.45) is 0 Å². The molecule has 0 saturated heterocycles. The predicted octanol–water partition coefficient (Wildman–Crippen LogP) is 8.12. The summed E-state index contributed by atoms with van der Waals surface area (Å²) < 4.78 is 0. The number of hydrogen-bond donors (Lipinski definition) is 0. The second-order valence-electron chi connectivity index (χ2n) is 9.23. The Morgan fingerprint density at radius 2 is 0.714 bits per heavy atom. The van der Waals surface area contributed by atoms with E-state index in [1.54, 1.807) is 0 Å². The molecule has 0 aliphatic rings. The van der Waals surface area contributed by atoms with Crippen molar-refractivity contribution in [3.63, 3.8) is 0 Å². The van der Waals surface area contributed by atoms with Crippen LogP contribution in [0, 0.1) is 0 Å². The summed E-state index contributed by atoms with van der Waals surface area (Å²) in [4.78, 5) is 0. The van der Waals surface area contributed by atoms with E-state index in [2.05, 4.69) is 127 Å². The van der Waals surface area contributed by atoms with Gasteiger partial charge in [0, 0.05) is 0 Å². The van der Waals surface area contributed by atoms with Crippen molar-refractivity contribution in [3.8, 4) is 0 Å². The Labute approximate surface area is 172 Å². The van der Waals surface area contributed by atoms with Gasteiger partial charge in [0.1, 0.15) is 0 Å². The molecule has 0 heteroatoms. The van der Waals surface area contributed by atoms with Crippen LogP contribution in [-0.2, 0) is 10.8 Å². The molecule has 0 saturated carbocycles. The Morgan fingerprint density at radius 1 is 0.429 bits per heavy atom. The molecule has 0 nitrogen and oxygen atoms in total. The summed E-state index contributed by atoms with van der Waals surface area (Å²) in [5.41, 5.74) is 5.58. The second kappa shape index (κ2) is 9.55. The highest BCUT2D eigenvalue weighted by atomic mass is 14.2. The van der Waals surface area contributed by atoms with Crippen molar-refractivity contribution in [1.82, 2.24) is 0 Å². The van der Waals surface area contributed by atoms with Gasteiger partial charge in [0.2, 0.25) is 0 Å². The minimum absolute atomic E-state index is 0.203. The number of rotatable bonds is 5. The summed E-state index contributed by atoms with van der Waals surface area (Å²) in [6, 6.07) is 17.5. The first-order valence-corrected chi connectivity index (χ1v) is 10.1. The van der Waals surface area contributed by atoms with Gasteiger partial charge in [0.05, 0.1) is 0 Å². The van der Waals surface area contributed by atoms with Crippen molar-refractivity contribution in [3.05, 3.63) is 107 Å². The zero-order chi connectivity index (χ0) is 20.6. The maximum atomic E-state index is 2.24. The van der Waals surface area contributed by atoms with Crippen LogP contribution in [0.4, 0.5) is 0 Å². The van der Waals surface area contributed by atoms with Gasteiger partial charge in [-0.3, -0.25) is 0 Å². The summed E-state index contributed by atoms with van der Waals surface area (Å²) >= 11 is 0. The first-order valence-electron chi connectivity index (χ1n) is 10.1. The Morgan fingerprint density at radius 3 is 1.00 bits per heavy atom. The maximum Gasteiger partial charge on any atom is -0.0132 e. The third-order valence-corrected chi connectivity index (χ3v) is 4.69. The fourth-order valence-corrected chi connectivity index (χ4v) is 2.78. The van der Waals surface area contributed by atoms with Crippen molar-refractivity contribution in [1.29, 1.82) is 0 Å². The molecule has 0 bridgehead atoms. The first kappa shape index (κ1) is 21.7. The van der Waals surface area contributed by atoms with Crippen LogP contribution in [-0.4, -0.2) is 0 Å². The van der Waals surface area contributed by atoms with Gasteiger partial charge < -0.3 is 0 Å². The van der Waals surface area contributed by atoms with Crippen molar-refractivity contribution >= 4 is 12.2 Å². The van der Waals surface area contributed by atoms with Crippen LogP contribution in [0.15, 0.2) is 85.0 Å². The van der Waals surface area contributed by atoms with Crippen LogP contribution in [0.25, 0.3) is 12.2 Å². The van der Waals surface area contributed by atoms with E-state index in [1.807, 2.05) is 12.2 Å². The number of allylic oxidation sites excluding steroid dienone is 6. The molecular weight excluding hydrogens is 336 g/mol. The molecule has 2 aromatic carbocycles. The quantitative estimate of drug-likeness (QED) is 0.466. The molecule has 0 fully saturated rings. The topological polar surface area (TPSA) is 0 Å². The molecule has 0 aliphatic carbocycles. The van der Waals surface area contributed by atoms with Crippen LogP contribution in [0.1, 0.15) is 63.8 Å². The van der Waals surface area contributed by atoms with Crippen molar-refractivity contribution in [2.45, 2.75) is 52.4 Å². The average Bonchev–Trinajstić information content (AvgIpc) is 2.63. The lowest BCUT2D eigenvalue weighted by atomic mass is 9.87. The molecule has 2 aromatic rings. The van der Waals surface area contributed by atoms with E-state index in [0.29, 0.717) is 0 Å². The highest BCUT2D eigenvalue weighted by Crippen LogP contribution is 2.23. The Hall–Kier alpha value is -2.60. The van der Waals surface area contributed by atoms with E-state index in [-0.39, 0.29) is 10.8 Å². The molecule has 0 aliphatic heterocycles. The van der Waals surface area contributed by atoms with E-state index in [9.17, 15) is 0 Å². The molecule has 2 rings (SSSR count). The predicted molar refractivity (Wildman–Crippen MR) is 127 cm³/mol. The standard InChI is InChI=1S/C28H34/c1-27(2,3)25-19-15-23(16-20-25)13-11-9-7-8-10-12-14-24-17-21-26(22-18-24)28(4,5)6/h7-22H,1-6H3/b9-7+,10-8+,13-11+,14-12+. The lowest BCUT2D eigenvalue weighted by Gasteiger charge is -2.18. The van der Waals surface area contributed by atoms with Crippen LogP contribution >= 0.6 is 0 Å². The fourth-order valence-electron chi connectivity index (χ4n) is 2.78. The van der Waals surface area contributed by atoms with Crippen LogP contribution in [0.2, 0.25) is 0 Å². The van der Waals surface area contributed by atoms with Crippen LogP contribution in [0.5, 0.6) is 0 Å². The number of hydrogen-bond acceptors (Lipinski definition) is 0. The average molecular weight is 371 g/mol. The van der Waals surface area contributed by atoms with E-state index in [0.717, 1.165) is 0 Å². The second-order valence-corrected chi connectivity index (χ2v) is 9.23. The highest BCUT2D eigenvalue weighted by molar-refractivity contribution is 5.53. The molecule has 146 valence electrons. The summed E-state index contributed by atoms with van der Waals surface area (Å²) in [5.74, 6) is 0. The van der Waals surface area contributed by atoms with E-state index in [1.165, 1.54) is 22.3 Å². The molecule has 0 radical (unpaired) electrons. The summed E-state index contributed by atoms with van der Waals surface area (Å²) in [6.45, 7) is 13.4. The number of benzene rings is 2. The van der Waals surface area contributed by atoms with Gasteiger partial charge in [-0.15, -0.1) is 0 Å². The summed E-state index contributed by atoms with van der Waals surface area (Å²) in [7, 11) is 0. The molecule has 28 heavy (non-hydrogen) atoms. The fraction of sp³-hybridized carbons (Fsp3) is 0.286. The molecule has 0 amide bonds. The molecule has 0 N–H and O–H groups in total. The minimum Gasteiger partial charge on any atom is -0.0623 e. The molecule has 0 atom stereocenters. The molecule has 0 unspecified atom stereocenters. The van der Waals surface area contributed by atoms with Crippen LogP contribution in [0.3, 0.4) is 0 Å². The molecular formula is C28H34. The van der Waals surface area contributed by atoms with Crippen molar-refractivity contribution < 1.29 is 0 Å². The highest BCUT2D eigenvalue weighted by Gasteiger charge is 2.12. The normalized spacial score (nSPS) is 13.5. The molecule has 0 spiro atoms. The Bertz CT molecular complexity index is 765. The minimum atomic E-state index is 0.203. The lowest BCUT2D eigenvalue weighted by Crippen LogP contribution is -2.10. The van der Waals surface area contributed by atoms with Crippen LogP contribution < -0.4 is 0 Å². The SMILES string of the molecule is CC(C)(C)c1ccc(/C=C/C=C/C=C/C=C/c2ccc(C(C)(C)C)cc2)cc1. The smallest absolute Gasteiger partial charge is 0.0132 e. The molecule has 0 aromatic heterocycles. The monoisotopic (exact) mass is 370 g/mol. The summed E-state index contributed by atoms with van der Waals surface area (Å²) in [6.07, 6.45) is 16.6. The van der Waals surface area contributed by atoms with Gasteiger partial charge in [-0.25, -0.2) is 0 Å². The van der Waals surface area contributed by atoms with Gasteiger partial charge in [-0.05, 0) is 33.1 Å². The van der Waals surface area contributed by atoms with E-state index >= 15 is 0 Å². The summed E-state index contributed by atoms with van der Waals surface area (Å²) in [5, 5.41) is 0. The largest absolute Gasteiger partial charge is 0.0623 e. The van der Waals surface area contributed by atoms with Gasteiger partial charge in [0.15, 0.2) is 0 Å². The molecule has 0 heterocycles. The van der Waals surface area contributed by atoms with Gasteiger partial charge in [-0.1, -0.05) is 139 Å². The zero-order valence-electron chi connectivity index (χ0n) is 18.2. The van der Waals surface area contributed by atoms with Gasteiger partial charge in [0.25, 0.3) is 0 Å². The van der Waals surface area contributed by atoms with Gasteiger partial charge in [-0.2, -0.15) is 0 Å². The van der Waals surface area contributed by atoms with Crippen molar-refractivity contribution in [2.75, 3.05) is 0 Å². The Balaban J connectivity index is 1.83. The lowest BCUT2D eigenvalue weighted by molar-refractivity contribution is 0.590. The third-order valence-electron chi connectivity index (χ3n) is 4.69. The van der Waals surface area contributed by atoms with E-state index < -0.39 is 0 Å². The first-order chi connectivity index (χ1) is 13.2. The Kier molecular flexibility index (Phi) is 7.40. The van der Waals surface area contributed by atoms with E-state index in [4.69, 9.17) is 0 Å². The zero-order valence-corrected chi connectivity index (χ0v) is 18.2. The third kappa shape index (κ3) is 7.19. The van der Waals surface area contributed by atoms with Gasteiger partial charge >= 0.3 is 0 Å².